The van der Waals surface area contributed by atoms with E-state index < -0.39 is 11.7 Å². The predicted octanol–water partition coefficient (Wildman–Crippen LogP) is 3.73. The molecule has 1 heterocycles. The molecule has 0 spiro atoms. The Labute approximate surface area is 136 Å². The lowest BCUT2D eigenvalue weighted by atomic mass is 10.2. The van der Waals surface area contributed by atoms with E-state index in [1.807, 2.05) is 57.3 Å². The molecule has 0 bridgehead atoms. The maximum Gasteiger partial charge on any atom is 0.412 e. The van der Waals surface area contributed by atoms with E-state index in [1.165, 1.54) is 0 Å². The van der Waals surface area contributed by atoms with Crippen LogP contribution in [0.1, 0.15) is 32.8 Å². The molecular formula is C17H22N4O2. The molecule has 6 nitrogen and oxygen atoms in total. The van der Waals surface area contributed by atoms with Crippen molar-refractivity contribution in [2.45, 2.75) is 39.3 Å². The molecule has 0 radical (unpaired) electrons. The van der Waals surface area contributed by atoms with Crippen molar-refractivity contribution in [2.75, 3.05) is 5.32 Å². The second kappa shape index (κ2) is 7.58. The number of rotatable bonds is 5. The highest BCUT2D eigenvalue weighted by atomic mass is 16.6. The van der Waals surface area contributed by atoms with Crippen LogP contribution in [0.5, 0.6) is 0 Å². The largest absolute Gasteiger partial charge is 0.444 e. The van der Waals surface area contributed by atoms with Crippen LogP contribution >= 0.6 is 0 Å². The summed E-state index contributed by atoms with van der Waals surface area (Å²) in [5, 5.41) is 10.4. The molecule has 0 fully saturated rings. The van der Waals surface area contributed by atoms with Crippen molar-refractivity contribution in [1.82, 2.24) is 15.0 Å². The Bertz CT molecular complexity index is 640. The van der Waals surface area contributed by atoms with E-state index in [9.17, 15) is 4.79 Å². The highest BCUT2D eigenvalue weighted by Gasteiger charge is 2.15. The summed E-state index contributed by atoms with van der Waals surface area (Å²) in [7, 11) is 0. The molecule has 0 atom stereocenters. The molecule has 1 amide bonds. The number of ether oxygens (including phenoxy) is 1. The zero-order chi connectivity index (χ0) is 16.7. The van der Waals surface area contributed by atoms with Crippen LogP contribution in [0.3, 0.4) is 0 Å². The predicted molar refractivity (Wildman–Crippen MR) is 90.0 cm³/mol. The van der Waals surface area contributed by atoms with Crippen LogP contribution in [-0.2, 0) is 11.3 Å². The summed E-state index contributed by atoms with van der Waals surface area (Å²) >= 11 is 0. The minimum absolute atomic E-state index is 0.450. The van der Waals surface area contributed by atoms with Gasteiger partial charge in [-0.15, -0.1) is 5.10 Å². The number of hydrogen-bond donors (Lipinski definition) is 1. The first-order chi connectivity index (χ1) is 10.9. The van der Waals surface area contributed by atoms with Gasteiger partial charge in [0.1, 0.15) is 5.60 Å². The number of allylic oxidation sites excluding steroid dienone is 1. The van der Waals surface area contributed by atoms with Gasteiger partial charge in [0.25, 0.3) is 0 Å². The third-order valence-electron chi connectivity index (χ3n) is 2.86. The van der Waals surface area contributed by atoms with Gasteiger partial charge in [-0.25, -0.2) is 4.79 Å². The summed E-state index contributed by atoms with van der Waals surface area (Å²) in [5.74, 6) is 0. The lowest BCUT2D eigenvalue weighted by molar-refractivity contribution is 0.0636. The number of hydrogen-bond acceptors (Lipinski definition) is 4. The lowest BCUT2D eigenvalue weighted by Gasteiger charge is -2.19. The molecule has 2 aromatic rings. The zero-order valence-corrected chi connectivity index (χ0v) is 13.7. The molecular weight excluding hydrogens is 292 g/mol. The molecule has 2 rings (SSSR count). The average Bonchev–Trinajstić information content (AvgIpc) is 2.96. The number of aryl methyl sites for hydroxylation is 1. The van der Waals surface area contributed by atoms with Crippen molar-refractivity contribution in [1.29, 1.82) is 0 Å². The minimum Gasteiger partial charge on any atom is -0.444 e. The summed E-state index contributed by atoms with van der Waals surface area (Å²) in [6, 6.07) is 7.58. The number of amides is 1. The van der Waals surface area contributed by atoms with Crippen LogP contribution in [0.15, 0.2) is 42.7 Å². The second-order valence-electron chi connectivity index (χ2n) is 6.11. The molecule has 1 N–H and O–H groups in total. The first-order valence-corrected chi connectivity index (χ1v) is 7.53. The fourth-order valence-corrected chi connectivity index (χ4v) is 1.88. The number of nitrogens with one attached hydrogen (secondary N) is 1. The Morgan fingerprint density at radius 2 is 2.04 bits per heavy atom. The van der Waals surface area contributed by atoms with E-state index in [0.29, 0.717) is 5.69 Å². The standard InChI is InChI=1S/C17H22N4O2/c1-17(2,3)23-16(22)19-15-9-7-14(8-10-15)6-4-5-12-21-13-11-18-20-21/h4,6-11,13H,5,12H2,1-3H3,(H,19,22)/b6-4+. The quantitative estimate of drug-likeness (QED) is 0.913. The molecule has 1 aromatic heterocycles. The third kappa shape index (κ3) is 6.34. The lowest BCUT2D eigenvalue weighted by Crippen LogP contribution is -2.27. The topological polar surface area (TPSA) is 69.0 Å². The molecule has 0 aliphatic heterocycles. The number of carbonyl (C=O) groups is 1. The van der Waals surface area contributed by atoms with Gasteiger partial charge in [0.15, 0.2) is 0 Å². The number of carbonyl (C=O) groups excluding carboxylic acids is 1. The Morgan fingerprint density at radius 1 is 1.30 bits per heavy atom. The highest BCUT2D eigenvalue weighted by Crippen LogP contribution is 2.13. The Hall–Kier alpha value is -2.63. The summed E-state index contributed by atoms with van der Waals surface area (Å²) in [6.07, 6.45) is 8.05. The molecule has 6 heteroatoms. The number of aromatic nitrogens is 3. The van der Waals surface area contributed by atoms with Crippen molar-refractivity contribution in [3.05, 3.63) is 48.3 Å². The molecule has 122 valence electrons. The van der Waals surface area contributed by atoms with E-state index >= 15 is 0 Å². The zero-order valence-electron chi connectivity index (χ0n) is 13.7. The normalized spacial score (nSPS) is 11.6. The fourth-order valence-electron chi connectivity index (χ4n) is 1.88. The van der Waals surface area contributed by atoms with Crippen LogP contribution in [-0.4, -0.2) is 26.7 Å². The third-order valence-corrected chi connectivity index (χ3v) is 2.86. The second-order valence-corrected chi connectivity index (χ2v) is 6.11. The van der Waals surface area contributed by atoms with Crippen molar-refractivity contribution >= 4 is 17.9 Å². The van der Waals surface area contributed by atoms with Crippen molar-refractivity contribution in [2.24, 2.45) is 0 Å². The average molecular weight is 314 g/mol. The van der Waals surface area contributed by atoms with Crippen LogP contribution in [0.2, 0.25) is 0 Å². The van der Waals surface area contributed by atoms with Crippen molar-refractivity contribution < 1.29 is 9.53 Å². The van der Waals surface area contributed by atoms with Gasteiger partial charge in [0, 0.05) is 18.4 Å². The van der Waals surface area contributed by atoms with E-state index in [2.05, 4.69) is 21.7 Å². The van der Waals surface area contributed by atoms with Crippen LogP contribution < -0.4 is 5.32 Å². The molecule has 23 heavy (non-hydrogen) atoms. The van der Waals surface area contributed by atoms with Gasteiger partial charge >= 0.3 is 6.09 Å². The molecule has 0 aliphatic rings. The Balaban J connectivity index is 1.81. The van der Waals surface area contributed by atoms with Crippen LogP contribution in [0.4, 0.5) is 10.5 Å². The molecule has 0 unspecified atom stereocenters. The molecule has 1 aromatic carbocycles. The first-order valence-electron chi connectivity index (χ1n) is 7.53. The van der Waals surface area contributed by atoms with Gasteiger partial charge in [0.05, 0.1) is 6.20 Å². The summed E-state index contributed by atoms with van der Waals surface area (Å²) in [5.41, 5.74) is 1.27. The van der Waals surface area contributed by atoms with E-state index in [1.54, 1.807) is 10.9 Å². The van der Waals surface area contributed by atoms with E-state index in [-0.39, 0.29) is 0 Å². The maximum absolute atomic E-state index is 11.7. The van der Waals surface area contributed by atoms with Gasteiger partial charge in [-0.3, -0.25) is 10.00 Å². The Morgan fingerprint density at radius 3 is 2.65 bits per heavy atom. The number of anilines is 1. The fraction of sp³-hybridized carbons (Fsp3) is 0.353. The van der Waals surface area contributed by atoms with E-state index in [0.717, 1.165) is 18.5 Å². The Kier molecular flexibility index (Phi) is 5.51. The smallest absolute Gasteiger partial charge is 0.412 e. The monoisotopic (exact) mass is 314 g/mol. The van der Waals surface area contributed by atoms with Gasteiger partial charge in [-0.05, 0) is 44.9 Å². The molecule has 0 saturated carbocycles. The SMILES string of the molecule is CC(C)(C)OC(=O)Nc1ccc(/C=C/CCn2ccnn2)cc1. The van der Waals surface area contributed by atoms with E-state index in [4.69, 9.17) is 4.74 Å². The highest BCUT2D eigenvalue weighted by molar-refractivity contribution is 5.85. The van der Waals surface area contributed by atoms with Gasteiger partial charge in [0.2, 0.25) is 0 Å². The van der Waals surface area contributed by atoms with Crippen LogP contribution in [0.25, 0.3) is 6.08 Å². The maximum atomic E-state index is 11.7. The van der Waals surface area contributed by atoms with Crippen LogP contribution in [0, 0.1) is 0 Å². The summed E-state index contributed by atoms with van der Waals surface area (Å²) < 4.78 is 7.00. The first kappa shape index (κ1) is 16.7. The summed E-state index contributed by atoms with van der Waals surface area (Å²) in [4.78, 5) is 11.7. The van der Waals surface area contributed by atoms with Crippen molar-refractivity contribution in [3.8, 4) is 0 Å². The molecule has 0 aliphatic carbocycles. The van der Waals surface area contributed by atoms with Gasteiger partial charge in [-0.1, -0.05) is 29.5 Å². The summed E-state index contributed by atoms with van der Waals surface area (Å²) in [6.45, 7) is 6.30. The number of benzene rings is 1. The van der Waals surface area contributed by atoms with Gasteiger partial charge in [-0.2, -0.15) is 0 Å². The minimum atomic E-state index is -0.503. The van der Waals surface area contributed by atoms with Gasteiger partial charge < -0.3 is 4.74 Å². The number of nitrogens with zero attached hydrogens (tertiary/aromatic N) is 3. The molecule has 0 saturated heterocycles. The van der Waals surface area contributed by atoms with Crippen molar-refractivity contribution in [3.63, 3.8) is 0 Å².